The Balaban J connectivity index is 2.22. The molecule has 0 radical (unpaired) electrons. The van der Waals surface area contributed by atoms with E-state index in [1.165, 1.54) is 4.31 Å². The third kappa shape index (κ3) is 2.02. The smallest absolute Gasteiger partial charge is 0.280 e. The topological polar surface area (TPSA) is 46.3 Å². The number of hydrogen-bond donors (Lipinski definition) is 1. The zero-order chi connectivity index (χ0) is 13.8. The van der Waals surface area contributed by atoms with Crippen molar-refractivity contribution in [3.8, 4) is 0 Å². The lowest BCUT2D eigenvalue weighted by Crippen LogP contribution is -2.77. The van der Waals surface area contributed by atoms with Crippen LogP contribution in [0.2, 0.25) is 0 Å². The second-order valence-corrected chi connectivity index (χ2v) is 8.64. The molecule has 18 heavy (non-hydrogen) atoms. The number of halogens is 2. The molecule has 1 unspecified atom stereocenters. The Morgan fingerprint density at radius 2 is 1.78 bits per heavy atom. The monoisotopic (exact) mass is 280 g/mol. The minimum Gasteiger partial charge on any atom is -0.328 e. The third-order valence-electron chi connectivity index (χ3n) is 4.08. The summed E-state index contributed by atoms with van der Waals surface area (Å²) in [6.07, 6.45) is 1.88. The summed E-state index contributed by atoms with van der Waals surface area (Å²) in [5.74, 6) is -2.73. The van der Waals surface area contributed by atoms with E-state index < -0.39 is 27.2 Å². The highest BCUT2D eigenvalue weighted by atomic mass is 32.2. The fourth-order valence-electron chi connectivity index (χ4n) is 2.85. The first-order valence-electron chi connectivity index (χ1n) is 6.43. The van der Waals surface area contributed by atoms with E-state index in [1.54, 1.807) is 0 Å². The lowest BCUT2D eigenvalue weighted by Gasteiger charge is -2.60. The molecule has 106 valence electrons. The van der Waals surface area contributed by atoms with Gasteiger partial charge in [-0.3, -0.25) is 0 Å². The van der Waals surface area contributed by atoms with Crippen LogP contribution in [0.4, 0.5) is 8.78 Å². The van der Waals surface area contributed by atoms with E-state index in [0.29, 0.717) is 25.7 Å². The van der Waals surface area contributed by atoms with Gasteiger partial charge in [-0.2, -0.15) is 0 Å². The van der Waals surface area contributed by atoms with Crippen LogP contribution >= 0.6 is 0 Å². The second-order valence-electron chi connectivity index (χ2n) is 6.47. The molecule has 0 aromatic heterocycles. The molecule has 1 spiro atoms. The molecule has 0 aromatic rings. The predicted octanol–water partition coefficient (Wildman–Crippen LogP) is 2.04. The fourth-order valence-corrected chi connectivity index (χ4v) is 4.42. The maximum absolute atomic E-state index is 14.0. The van der Waals surface area contributed by atoms with Crippen LogP contribution in [-0.2, 0) is 11.0 Å². The molecule has 1 saturated carbocycles. The van der Waals surface area contributed by atoms with Gasteiger partial charge in [0, 0.05) is 6.04 Å². The van der Waals surface area contributed by atoms with Gasteiger partial charge in [-0.1, -0.05) is 0 Å². The first-order valence-corrected chi connectivity index (χ1v) is 7.54. The van der Waals surface area contributed by atoms with Crippen molar-refractivity contribution in [2.24, 2.45) is 5.73 Å². The lowest BCUT2D eigenvalue weighted by atomic mass is 9.70. The van der Waals surface area contributed by atoms with Gasteiger partial charge in [-0.25, -0.2) is 17.3 Å². The summed E-state index contributed by atoms with van der Waals surface area (Å²) < 4.78 is 41.4. The van der Waals surface area contributed by atoms with Crippen molar-refractivity contribution < 1.29 is 13.0 Å². The summed E-state index contributed by atoms with van der Waals surface area (Å²) in [7, 11) is -1.38. The largest absolute Gasteiger partial charge is 0.328 e. The molecule has 3 nitrogen and oxygen atoms in total. The SMILES string of the molecule is CC(C)(C)S(=O)N1CC(F)(F)C12CCC(N)CC2. The van der Waals surface area contributed by atoms with Crippen molar-refractivity contribution in [1.29, 1.82) is 0 Å². The molecule has 1 saturated heterocycles. The Morgan fingerprint density at radius 3 is 2.17 bits per heavy atom. The van der Waals surface area contributed by atoms with E-state index in [1.807, 2.05) is 20.8 Å². The summed E-state index contributed by atoms with van der Waals surface area (Å²) in [6, 6.07) is 0.0111. The fraction of sp³-hybridized carbons (Fsp3) is 1.00. The molecule has 0 aromatic carbocycles. The molecule has 2 fully saturated rings. The Kier molecular flexibility index (Phi) is 3.36. The van der Waals surface area contributed by atoms with Crippen molar-refractivity contribution in [3.05, 3.63) is 0 Å². The van der Waals surface area contributed by atoms with Crippen LogP contribution in [0.15, 0.2) is 0 Å². The molecule has 1 atom stereocenters. The maximum atomic E-state index is 14.0. The van der Waals surface area contributed by atoms with Gasteiger partial charge >= 0.3 is 0 Å². The molecule has 2 rings (SSSR count). The van der Waals surface area contributed by atoms with Crippen LogP contribution in [0, 0.1) is 0 Å². The summed E-state index contributed by atoms with van der Waals surface area (Å²) in [5.41, 5.74) is 4.58. The number of nitrogens with two attached hydrogens (primary N) is 1. The molecule has 0 bridgehead atoms. The molecule has 1 aliphatic heterocycles. The molecular formula is C12H22F2N2OS. The molecular weight excluding hydrogens is 258 g/mol. The molecule has 0 amide bonds. The molecule has 1 aliphatic carbocycles. The highest BCUT2D eigenvalue weighted by Crippen LogP contribution is 2.54. The van der Waals surface area contributed by atoms with Gasteiger partial charge in [-0.05, 0) is 46.5 Å². The van der Waals surface area contributed by atoms with Crippen LogP contribution in [-0.4, -0.2) is 37.3 Å². The first-order chi connectivity index (χ1) is 8.10. The van der Waals surface area contributed by atoms with E-state index in [2.05, 4.69) is 0 Å². The predicted molar refractivity (Wildman–Crippen MR) is 68.7 cm³/mol. The Hall–Kier alpha value is -0.0700. The normalized spacial score (nSPS) is 38.4. The number of nitrogens with zero attached hydrogens (tertiary/aromatic N) is 1. The highest BCUT2D eigenvalue weighted by molar-refractivity contribution is 7.84. The standard InChI is InChI=1S/C12H22F2N2OS/c1-10(2,3)18(17)16-8-12(13,14)11(16)6-4-9(15)5-7-11/h9H,4-8,15H2,1-3H3. The lowest BCUT2D eigenvalue weighted by molar-refractivity contribution is -0.221. The van der Waals surface area contributed by atoms with Crippen LogP contribution in [0.5, 0.6) is 0 Å². The van der Waals surface area contributed by atoms with E-state index in [4.69, 9.17) is 5.73 Å². The van der Waals surface area contributed by atoms with Gasteiger partial charge in [0.15, 0.2) is 0 Å². The maximum Gasteiger partial charge on any atom is 0.280 e. The highest BCUT2D eigenvalue weighted by Gasteiger charge is 2.69. The summed E-state index contributed by atoms with van der Waals surface area (Å²) in [6.45, 7) is 5.08. The van der Waals surface area contributed by atoms with Crippen LogP contribution < -0.4 is 5.73 Å². The Morgan fingerprint density at radius 1 is 1.28 bits per heavy atom. The van der Waals surface area contributed by atoms with Gasteiger partial charge < -0.3 is 5.73 Å². The summed E-state index contributed by atoms with van der Waals surface area (Å²) in [5, 5.41) is 0. The van der Waals surface area contributed by atoms with Crippen molar-refractivity contribution in [3.63, 3.8) is 0 Å². The number of hydrogen-bond acceptors (Lipinski definition) is 2. The zero-order valence-electron chi connectivity index (χ0n) is 11.2. The Bertz CT molecular complexity index is 360. The van der Waals surface area contributed by atoms with Crippen molar-refractivity contribution in [2.45, 2.75) is 68.7 Å². The molecule has 6 heteroatoms. The quantitative estimate of drug-likeness (QED) is 0.799. The van der Waals surface area contributed by atoms with Crippen LogP contribution in [0.25, 0.3) is 0 Å². The van der Waals surface area contributed by atoms with E-state index in [0.717, 1.165) is 0 Å². The minimum atomic E-state index is -2.73. The average Bonchev–Trinajstić information content (AvgIpc) is 2.25. The van der Waals surface area contributed by atoms with Crippen molar-refractivity contribution in [2.75, 3.05) is 6.54 Å². The summed E-state index contributed by atoms with van der Waals surface area (Å²) in [4.78, 5) is 0. The van der Waals surface area contributed by atoms with Gasteiger partial charge in [0.1, 0.15) is 11.0 Å². The van der Waals surface area contributed by atoms with Gasteiger partial charge in [0.25, 0.3) is 5.92 Å². The minimum absolute atomic E-state index is 0.0111. The number of alkyl halides is 2. The molecule has 2 N–H and O–H groups in total. The number of rotatable bonds is 1. The average molecular weight is 280 g/mol. The second kappa shape index (κ2) is 4.21. The van der Waals surface area contributed by atoms with E-state index in [-0.39, 0.29) is 12.6 Å². The first kappa shape index (κ1) is 14.3. The van der Waals surface area contributed by atoms with Crippen molar-refractivity contribution >= 4 is 11.0 Å². The van der Waals surface area contributed by atoms with Gasteiger partial charge in [0.05, 0.1) is 16.8 Å². The van der Waals surface area contributed by atoms with E-state index >= 15 is 0 Å². The molecule has 2 aliphatic rings. The van der Waals surface area contributed by atoms with Gasteiger partial charge in [-0.15, -0.1) is 0 Å². The van der Waals surface area contributed by atoms with E-state index in [9.17, 15) is 13.0 Å². The van der Waals surface area contributed by atoms with Crippen LogP contribution in [0.3, 0.4) is 0 Å². The third-order valence-corrected chi connectivity index (χ3v) is 6.01. The zero-order valence-corrected chi connectivity index (χ0v) is 12.0. The van der Waals surface area contributed by atoms with Gasteiger partial charge in [0.2, 0.25) is 0 Å². The van der Waals surface area contributed by atoms with Crippen LogP contribution in [0.1, 0.15) is 46.5 Å². The van der Waals surface area contributed by atoms with Crippen molar-refractivity contribution in [1.82, 2.24) is 4.31 Å². The summed E-state index contributed by atoms with van der Waals surface area (Å²) >= 11 is 0. The molecule has 1 heterocycles. The Labute approximate surface area is 110 Å².